The van der Waals surface area contributed by atoms with Crippen molar-refractivity contribution in [1.82, 2.24) is 14.8 Å². The van der Waals surface area contributed by atoms with Crippen molar-refractivity contribution in [2.45, 2.75) is 31.3 Å². The highest BCUT2D eigenvalue weighted by Crippen LogP contribution is 2.33. The predicted molar refractivity (Wildman–Crippen MR) is 129 cm³/mol. The second-order valence-electron chi connectivity index (χ2n) is 8.80. The van der Waals surface area contributed by atoms with Gasteiger partial charge in [0.15, 0.2) is 0 Å². The van der Waals surface area contributed by atoms with Crippen LogP contribution in [0, 0.1) is 0 Å². The number of hydrogen-bond donors (Lipinski definition) is 0. The van der Waals surface area contributed by atoms with Crippen LogP contribution >= 0.6 is 11.3 Å². The van der Waals surface area contributed by atoms with E-state index in [2.05, 4.69) is 19.8 Å². The summed E-state index contributed by atoms with van der Waals surface area (Å²) < 4.78 is 13.0. The fraction of sp³-hybridized carbons (Fsp3) is 0.400. The summed E-state index contributed by atoms with van der Waals surface area (Å²) in [4.78, 5) is 26.1. The first-order chi connectivity index (χ1) is 16.2. The van der Waals surface area contributed by atoms with Gasteiger partial charge in [-0.25, -0.2) is 4.98 Å². The zero-order valence-corrected chi connectivity index (χ0v) is 19.2. The normalized spacial score (nSPS) is 22.2. The van der Waals surface area contributed by atoms with Crippen LogP contribution in [0.4, 0.5) is 0 Å². The standard InChI is InChI=1S/C25H26N4O3S/c30-24(22-5-3-11-26-22)29-16-17-14-18(29)15-28(17)12-13-31-19-7-9-20(10-8-19)32-25-27-21-4-1-2-6-23(21)33-25/h1-2,4,6-10,17-18H,3,5,11-16H2. The molecule has 0 spiro atoms. The first kappa shape index (κ1) is 20.6. The Labute approximate surface area is 196 Å². The number of aliphatic imine (C=N–C) groups is 1. The first-order valence-corrected chi connectivity index (χ1v) is 12.4. The van der Waals surface area contributed by atoms with Gasteiger partial charge in [-0.15, -0.1) is 0 Å². The summed E-state index contributed by atoms with van der Waals surface area (Å²) in [5.74, 6) is 1.74. The topological polar surface area (TPSA) is 67.3 Å². The van der Waals surface area contributed by atoms with E-state index in [0.717, 1.165) is 72.9 Å². The Balaban J connectivity index is 0.976. The maximum absolute atomic E-state index is 12.7. The molecule has 2 atom stereocenters. The highest BCUT2D eigenvalue weighted by atomic mass is 32.1. The van der Waals surface area contributed by atoms with Crippen LogP contribution < -0.4 is 9.47 Å². The Hall–Kier alpha value is -2.97. The Bertz CT molecular complexity index is 1160. The zero-order valence-electron chi connectivity index (χ0n) is 18.4. The van der Waals surface area contributed by atoms with Gasteiger partial charge in [0.2, 0.25) is 0 Å². The largest absolute Gasteiger partial charge is 0.492 e. The van der Waals surface area contributed by atoms with Gasteiger partial charge in [-0.3, -0.25) is 14.7 Å². The number of para-hydroxylation sites is 1. The molecule has 0 N–H and O–H groups in total. The van der Waals surface area contributed by atoms with Crippen molar-refractivity contribution < 1.29 is 14.3 Å². The van der Waals surface area contributed by atoms with Crippen LogP contribution in [0.2, 0.25) is 0 Å². The number of carbonyl (C=O) groups excluding carboxylic acids is 1. The molecular weight excluding hydrogens is 436 g/mol. The number of fused-ring (bicyclic) bond motifs is 3. The number of hydrogen-bond acceptors (Lipinski definition) is 7. The molecule has 1 amide bonds. The molecule has 0 aliphatic carbocycles. The third kappa shape index (κ3) is 4.20. The number of piperazine rings is 1. The van der Waals surface area contributed by atoms with Gasteiger partial charge >= 0.3 is 0 Å². The molecule has 1 aromatic heterocycles. The molecule has 170 valence electrons. The number of benzene rings is 2. The average molecular weight is 463 g/mol. The number of nitrogens with zero attached hydrogens (tertiary/aromatic N) is 4. The lowest BCUT2D eigenvalue weighted by atomic mass is 10.2. The highest BCUT2D eigenvalue weighted by molar-refractivity contribution is 7.20. The molecule has 0 saturated carbocycles. The van der Waals surface area contributed by atoms with Crippen molar-refractivity contribution in [3.63, 3.8) is 0 Å². The van der Waals surface area contributed by atoms with Crippen LogP contribution in [0.15, 0.2) is 53.5 Å². The molecular formula is C25H26N4O3S. The molecule has 6 rings (SSSR count). The molecule has 3 aliphatic heterocycles. The second-order valence-corrected chi connectivity index (χ2v) is 9.79. The Morgan fingerprint density at radius 3 is 2.67 bits per heavy atom. The van der Waals surface area contributed by atoms with Crippen molar-refractivity contribution in [2.75, 3.05) is 32.8 Å². The van der Waals surface area contributed by atoms with Crippen LogP contribution in [0.5, 0.6) is 16.7 Å². The van der Waals surface area contributed by atoms with E-state index in [1.165, 1.54) is 11.3 Å². The van der Waals surface area contributed by atoms with Gasteiger partial charge < -0.3 is 14.4 Å². The Kier molecular flexibility index (Phi) is 5.47. The lowest BCUT2D eigenvalue weighted by Gasteiger charge is -2.34. The third-order valence-corrected chi connectivity index (χ3v) is 7.60. The Morgan fingerprint density at radius 1 is 1.06 bits per heavy atom. The van der Waals surface area contributed by atoms with Gasteiger partial charge in [0.05, 0.1) is 15.9 Å². The summed E-state index contributed by atoms with van der Waals surface area (Å²) in [6.07, 6.45) is 2.92. The quantitative estimate of drug-likeness (QED) is 0.531. The highest BCUT2D eigenvalue weighted by Gasteiger charge is 2.45. The van der Waals surface area contributed by atoms with Gasteiger partial charge in [-0.1, -0.05) is 23.5 Å². The summed E-state index contributed by atoms with van der Waals surface area (Å²) >= 11 is 1.54. The van der Waals surface area contributed by atoms with Crippen LogP contribution in [0.25, 0.3) is 10.2 Å². The number of aromatic nitrogens is 1. The van der Waals surface area contributed by atoms with E-state index in [-0.39, 0.29) is 5.91 Å². The van der Waals surface area contributed by atoms with E-state index in [0.29, 0.717) is 23.9 Å². The monoisotopic (exact) mass is 462 g/mol. The van der Waals surface area contributed by atoms with Crippen molar-refractivity contribution >= 4 is 33.2 Å². The van der Waals surface area contributed by atoms with Crippen molar-refractivity contribution in [1.29, 1.82) is 0 Å². The average Bonchev–Trinajstić information content (AvgIpc) is 3.63. The minimum atomic E-state index is 0.170. The van der Waals surface area contributed by atoms with Crippen molar-refractivity contribution in [3.8, 4) is 16.7 Å². The smallest absolute Gasteiger partial charge is 0.279 e. The van der Waals surface area contributed by atoms with Gasteiger partial charge in [0, 0.05) is 38.3 Å². The van der Waals surface area contributed by atoms with E-state index < -0.39 is 0 Å². The van der Waals surface area contributed by atoms with Gasteiger partial charge in [0.1, 0.15) is 18.1 Å². The summed E-state index contributed by atoms with van der Waals surface area (Å²) in [6, 6.07) is 16.5. The lowest BCUT2D eigenvalue weighted by Crippen LogP contribution is -2.51. The molecule has 3 aliphatic rings. The molecule has 33 heavy (non-hydrogen) atoms. The number of likely N-dealkylation sites (tertiary alicyclic amines) is 2. The van der Waals surface area contributed by atoms with Gasteiger partial charge in [-0.05, 0) is 55.7 Å². The molecule has 0 radical (unpaired) electrons. The Morgan fingerprint density at radius 2 is 1.91 bits per heavy atom. The predicted octanol–water partition coefficient (Wildman–Crippen LogP) is 3.99. The number of ether oxygens (including phenoxy) is 2. The number of carbonyl (C=O) groups is 1. The van der Waals surface area contributed by atoms with Crippen LogP contribution in [-0.4, -0.2) is 71.3 Å². The fourth-order valence-corrected chi connectivity index (χ4v) is 5.87. The molecule has 8 heteroatoms. The van der Waals surface area contributed by atoms with Gasteiger partial charge in [-0.2, -0.15) is 0 Å². The second kappa shape index (κ2) is 8.76. The number of amides is 1. The number of rotatable bonds is 7. The summed E-state index contributed by atoms with van der Waals surface area (Å²) in [7, 11) is 0. The van der Waals surface area contributed by atoms with E-state index in [4.69, 9.17) is 9.47 Å². The fourth-order valence-electron chi connectivity index (χ4n) is 5.03. The van der Waals surface area contributed by atoms with Crippen LogP contribution in [0.3, 0.4) is 0 Å². The molecule has 2 bridgehead atoms. The zero-order chi connectivity index (χ0) is 22.2. The molecule has 2 saturated heterocycles. The van der Waals surface area contributed by atoms with E-state index in [1.807, 2.05) is 48.5 Å². The molecule has 2 aromatic carbocycles. The first-order valence-electron chi connectivity index (χ1n) is 11.6. The number of thiazole rings is 1. The van der Waals surface area contributed by atoms with Crippen molar-refractivity contribution in [2.24, 2.45) is 4.99 Å². The lowest BCUT2D eigenvalue weighted by molar-refractivity contribution is -0.126. The maximum Gasteiger partial charge on any atom is 0.279 e. The molecule has 2 fully saturated rings. The molecule has 4 heterocycles. The van der Waals surface area contributed by atoms with Crippen molar-refractivity contribution in [3.05, 3.63) is 48.5 Å². The van der Waals surface area contributed by atoms with E-state index in [9.17, 15) is 4.79 Å². The molecule has 3 aromatic rings. The molecule has 7 nitrogen and oxygen atoms in total. The van der Waals surface area contributed by atoms with E-state index in [1.54, 1.807) is 0 Å². The van der Waals surface area contributed by atoms with E-state index >= 15 is 0 Å². The summed E-state index contributed by atoms with van der Waals surface area (Å²) in [5, 5.41) is 0.640. The maximum atomic E-state index is 12.7. The minimum Gasteiger partial charge on any atom is -0.492 e. The summed E-state index contributed by atoms with van der Waals surface area (Å²) in [5.41, 5.74) is 1.74. The molecule has 2 unspecified atom stereocenters. The van der Waals surface area contributed by atoms with Crippen LogP contribution in [-0.2, 0) is 4.79 Å². The van der Waals surface area contributed by atoms with Gasteiger partial charge in [0.25, 0.3) is 11.1 Å². The summed E-state index contributed by atoms with van der Waals surface area (Å²) in [6.45, 7) is 4.06. The third-order valence-electron chi connectivity index (χ3n) is 6.69. The van der Waals surface area contributed by atoms with Crippen LogP contribution in [0.1, 0.15) is 19.3 Å². The minimum absolute atomic E-state index is 0.170. The SMILES string of the molecule is O=C(C1=NCCC1)N1CC2CC1CN2CCOc1ccc(Oc2nc3ccccc3s2)cc1.